The number of anilines is 1. The van der Waals surface area contributed by atoms with Gasteiger partial charge in [0.05, 0.1) is 0 Å². The molecule has 12 heavy (non-hydrogen) atoms. The Morgan fingerprint density at radius 2 is 2.58 bits per heavy atom. The average Bonchev–Trinajstić information content (AvgIpc) is 2.53. The molecule has 0 fully saturated rings. The molecule has 0 spiro atoms. The van der Waals surface area contributed by atoms with Gasteiger partial charge in [0.15, 0.2) is 5.13 Å². The van der Waals surface area contributed by atoms with Crippen LogP contribution in [-0.2, 0) is 4.79 Å². The zero-order chi connectivity index (χ0) is 8.81. The van der Waals surface area contributed by atoms with Gasteiger partial charge < -0.3 is 11.1 Å². The molecular formula is C7H11N3OS. The van der Waals surface area contributed by atoms with Gasteiger partial charge in [0, 0.05) is 18.0 Å². The molecule has 0 aliphatic rings. The van der Waals surface area contributed by atoms with Crippen molar-refractivity contribution in [3.8, 4) is 0 Å². The predicted octanol–water partition coefficient (Wildman–Crippen LogP) is 0.820. The molecule has 0 saturated heterocycles. The molecule has 66 valence electrons. The lowest BCUT2D eigenvalue weighted by Crippen LogP contribution is -2.13. The van der Waals surface area contributed by atoms with E-state index in [0.717, 1.165) is 6.42 Å². The highest BCUT2D eigenvalue weighted by Crippen LogP contribution is 2.10. The number of nitrogens with one attached hydrogen (secondary N) is 1. The lowest BCUT2D eigenvalue weighted by atomic mass is 10.3. The molecule has 1 heterocycles. The lowest BCUT2D eigenvalue weighted by Gasteiger charge is -1.98. The van der Waals surface area contributed by atoms with Crippen molar-refractivity contribution < 1.29 is 4.79 Å². The van der Waals surface area contributed by atoms with Crippen LogP contribution in [-0.4, -0.2) is 17.4 Å². The first-order chi connectivity index (χ1) is 5.83. The van der Waals surface area contributed by atoms with Gasteiger partial charge in [-0.25, -0.2) is 4.98 Å². The molecule has 1 aromatic heterocycles. The van der Waals surface area contributed by atoms with E-state index in [2.05, 4.69) is 10.3 Å². The Balaban J connectivity index is 2.27. The summed E-state index contributed by atoms with van der Waals surface area (Å²) in [6.45, 7) is 0.547. The Hall–Kier alpha value is -0.940. The summed E-state index contributed by atoms with van der Waals surface area (Å²) >= 11 is 1.41. The van der Waals surface area contributed by atoms with E-state index >= 15 is 0 Å². The minimum Gasteiger partial charge on any atom is -0.330 e. The molecule has 0 aromatic carbocycles. The van der Waals surface area contributed by atoms with Crippen molar-refractivity contribution >= 4 is 22.4 Å². The molecule has 1 aromatic rings. The number of carbonyl (C=O) groups is 1. The smallest absolute Gasteiger partial charge is 0.226 e. The average molecular weight is 185 g/mol. The molecule has 0 saturated carbocycles. The van der Waals surface area contributed by atoms with Crippen LogP contribution in [0.25, 0.3) is 0 Å². The van der Waals surface area contributed by atoms with Gasteiger partial charge in [-0.05, 0) is 13.0 Å². The Kier molecular flexibility index (Phi) is 3.69. The normalized spacial score (nSPS) is 9.75. The largest absolute Gasteiger partial charge is 0.330 e. The molecular weight excluding hydrogens is 174 g/mol. The first-order valence-corrected chi connectivity index (χ1v) is 4.60. The monoisotopic (exact) mass is 185 g/mol. The van der Waals surface area contributed by atoms with Crippen LogP contribution in [0.4, 0.5) is 5.13 Å². The fourth-order valence-corrected chi connectivity index (χ4v) is 1.27. The molecule has 1 rings (SSSR count). The number of nitrogens with zero attached hydrogens (tertiary/aromatic N) is 1. The number of thiazole rings is 1. The van der Waals surface area contributed by atoms with E-state index in [4.69, 9.17) is 5.73 Å². The molecule has 3 N–H and O–H groups in total. The lowest BCUT2D eigenvalue weighted by molar-refractivity contribution is -0.116. The van der Waals surface area contributed by atoms with Gasteiger partial charge in [0.25, 0.3) is 0 Å². The first-order valence-electron chi connectivity index (χ1n) is 3.72. The van der Waals surface area contributed by atoms with E-state index in [1.54, 1.807) is 6.20 Å². The van der Waals surface area contributed by atoms with Gasteiger partial charge in [0.1, 0.15) is 0 Å². The molecule has 1 amide bonds. The van der Waals surface area contributed by atoms with Crippen molar-refractivity contribution in [3.63, 3.8) is 0 Å². The second-order valence-corrected chi connectivity index (χ2v) is 3.17. The molecule has 4 nitrogen and oxygen atoms in total. The SMILES string of the molecule is NCCCC(=O)Nc1nccs1. The van der Waals surface area contributed by atoms with E-state index < -0.39 is 0 Å². The zero-order valence-corrected chi connectivity index (χ0v) is 7.43. The maximum atomic E-state index is 11.1. The number of nitrogens with two attached hydrogens (primary N) is 1. The molecule has 0 aliphatic carbocycles. The van der Waals surface area contributed by atoms with E-state index in [9.17, 15) is 4.79 Å². The second-order valence-electron chi connectivity index (χ2n) is 2.28. The van der Waals surface area contributed by atoms with Crippen LogP contribution in [0.1, 0.15) is 12.8 Å². The topological polar surface area (TPSA) is 68.0 Å². The van der Waals surface area contributed by atoms with Crippen LogP contribution in [0, 0.1) is 0 Å². The second kappa shape index (κ2) is 4.84. The van der Waals surface area contributed by atoms with Crippen LogP contribution in [0.2, 0.25) is 0 Å². The van der Waals surface area contributed by atoms with E-state index in [-0.39, 0.29) is 5.91 Å². The number of aromatic nitrogens is 1. The molecule has 0 radical (unpaired) electrons. The van der Waals surface area contributed by atoms with Gasteiger partial charge in [0.2, 0.25) is 5.91 Å². The Bertz CT molecular complexity index is 235. The molecule has 0 unspecified atom stereocenters. The third kappa shape index (κ3) is 2.98. The summed E-state index contributed by atoms with van der Waals surface area (Å²) in [4.78, 5) is 15.0. The van der Waals surface area contributed by atoms with E-state index in [0.29, 0.717) is 18.1 Å². The van der Waals surface area contributed by atoms with Crippen LogP contribution in [0.15, 0.2) is 11.6 Å². The van der Waals surface area contributed by atoms with Crippen LogP contribution >= 0.6 is 11.3 Å². The molecule has 0 bridgehead atoms. The van der Waals surface area contributed by atoms with Gasteiger partial charge in [-0.15, -0.1) is 11.3 Å². The number of hydrogen-bond donors (Lipinski definition) is 2. The summed E-state index contributed by atoms with van der Waals surface area (Å²) in [7, 11) is 0. The third-order valence-corrected chi connectivity index (χ3v) is 1.98. The standard InChI is InChI=1S/C7H11N3OS/c8-3-1-2-6(11)10-7-9-4-5-12-7/h4-5H,1-3,8H2,(H,9,10,11). The van der Waals surface area contributed by atoms with Crippen molar-refractivity contribution in [1.29, 1.82) is 0 Å². The maximum Gasteiger partial charge on any atom is 0.226 e. The Labute approximate surface area is 74.8 Å². The zero-order valence-electron chi connectivity index (χ0n) is 6.62. The van der Waals surface area contributed by atoms with Crippen LogP contribution in [0.5, 0.6) is 0 Å². The Morgan fingerprint density at radius 3 is 3.17 bits per heavy atom. The van der Waals surface area contributed by atoms with Crippen LogP contribution in [0.3, 0.4) is 0 Å². The fraction of sp³-hybridized carbons (Fsp3) is 0.429. The summed E-state index contributed by atoms with van der Waals surface area (Å²) in [5.74, 6) is -0.0181. The highest BCUT2D eigenvalue weighted by molar-refractivity contribution is 7.13. The maximum absolute atomic E-state index is 11.1. The summed E-state index contributed by atoms with van der Waals surface area (Å²) in [6.07, 6.45) is 2.84. The quantitative estimate of drug-likeness (QED) is 0.729. The predicted molar refractivity (Wildman–Crippen MR) is 49.0 cm³/mol. The number of carbonyl (C=O) groups excluding carboxylic acids is 1. The third-order valence-electron chi connectivity index (χ3n) is 1.29. The summed E-state index contributed by atoms with van der Waals surface area (Å²) in [5.41, 5.74) is 5.26. The van der Waals surface area contributed by atoms with Gasteiger partial charge in [-0.2, -0.15) is 0 Å². The number of rotatable bonds is 4. The van der Waals surface area contributed by atoms with Gasteiger partial charge in [-0.1, -0.05) is 0 Å². The molecule has 0 aliphatic heterocycles. The van der Waals surface area contributed by atoms with Crippen LogP contribution < -0.4 is 11.1 Å². The minimum absolute atomic E-state index is 0.0181. The highest BCUT2D eigenvalue weighted by Gasteiger charge is 2.01. The van der Waals surface area contributed by atoms with Crippen molar-refractivity contribution in [3.05, 3.63) is 11.6 Å². The van der Waals surface area contributed by atoms with Crippen molar-refractivity contribution in [1.82, 2.24) is 4.98 Å². The van der Waals surface area contributed by atoms with Crippen molar-refractivity contribution in [2.45, 2.75) is 12.8 Å². The summed E-state index contributed by atoms with van der Waals surface area (Å²) in [6, 6.07) is 0. The Morgan fingerprint density at radius 1 is 1.75 bits per heavy atom. The minimum atomic E-state index is -0.0181. The summed E-state index contributed by atoms with van der Waals surface area (Å²) < 4.78 is 0. The number of hydrogen-bond acceptors (Lipinski definition) is 4. The van der Waals surface area contributed by atoms with Crippen molar-refractivity contribution in [2.75, 3.05) is 11.9 Å². The molecule has 0 atom stereocenters. The van der Waals surface area contributed by atoms with Gasteiger partial charge in [-0.3, -0.25) is 4.79 Å². The molecule has 5 heteroatoms. The summed E-state index contributed by atoms with van der Waals surface area (Å²) in [5, 5.41) is 5.14. The van der Waals surface area contributed by atoms with E-state index in [1.807, 2.05) is 5.38 Å². The van der Waals surface area contributed by atoms with Gasteiger partial charge >= 0.3 is 0 Å². The van der Waals surface area contributed by atoms with E-state index in [1.165, 1.54) is 11.3 Å². The fourth-order valence-electron chi connectivity index (χ4n) is 0.730. The highest BCUT2D eigenvalue weighted by atomic mass is 32.1. The number of amides is 1. The first kappa shape index (κ1) is 9.15. The van der Waals surface area contributed by atoms with Crippen molar-refractivity contribution in [2.24, 2.45) is 5.73 Å².